The molecule has 0 radical (unpaired) electrons. The zero-order valence-electron chi connectivity index (χ0n) is 18.5. The van der Waals surface area contributed by atoms with Crippen LogP contribution in [-0.2, 0) is 6.54 Å². The third-order valence-electron chi connectivity index (χ3n) is 4.90. The third-order valence-corrected chi connectivity index (χ3v) is 4.90. The van der Waals surface area contributed by atoms with Gasteiger partial charge in [0.15, 0.2) is 11.5 Å². The highest BCUT2D eigenvalue weighted by Gasteiger charge is 2.18. The summed E-state index contributed by atoms with van der Waals surface area (Å²) in [5.74, 6) is 0.650. The normalized spacial score (nSPS) is 10.2. The second-order valence-corrected chi connectivity index (χ2v) is 7.10. The van der Waals surface area contributed by atoms with E-state index < -0.39 is 0 Å². The van der Waals surface area contributed by atoms with Crippen LogP contribution in [-0.4, -0.2) is 45.1 Å². The van der Waals surface area contributed by atoms with E-state index in [1.54, 1.807) is 48.3 Å². The molecule has 0 atom stereocenters. The van der Waals surface area contributed by atoms with Crippen molar-refractivity contribution in [2.24, 2.45) is 0 Å². The maximum atomic E-state index is 12.9. The molecular formula is C25H26N2O5. The third kappa shape index (κ3) is 5.18. The lowest BCUT2D eigenvalue weighted by Gasteiger charge is -2.18. The van der Waals surface area contributed by atoms with Crippen LogP contribution in [0.25, 0.3) is 0 Å². The van der Waals surface area contributed by atoms with E-state index in [-0.39, 0.29) is 11.8 Å². The van der Waals surface area contributed by atoms with Crippen LogP contribution in [0.15, 0.2) is 66.7 Å². The number of anilines is 1. The number of methoxy groups -OCH3 is 3. The Bertz CT molecular complexity index is 1070. The minimum absolute atomic E-state index is 0.141. The van der Waals surface area contributed by atoms with Gasteiger partial charge in [0.1, 0.15) is 0 Å². The predicted octanol–water partition coefficient (Wildman–Crippen LogP) is 4.24. The molecule has 7 nitrogen and oxygen atoms in total. The van der Waals surface area contributed by atoms with Crippen molar-refractivity contribution in [2.75, 3.05) is 33.7 Å². The van der Waals surface area contributed by atoms with Gasteiger partial charge in [-0.25, -0.2) is 0 Å². The van der Waals surface area contributed by atoms with Crippen LogP contribution < -0.4 is 19.5 Å². The maximum Gasteiger partial charge on any atom is 0.255 e. The fourth-order valence-corrected chi connectivity index (χ4v) is 3.29. The molecule has 0 aliphatic carbocycles. The summed E-state index contributed by atoms with van der Waals surface area (Å²) in [5.41, 5.74) is 2.35. The second kappa shape index (κ2) is 10.3. The zero-order chi connectivity index (χ0) is 23.1. The van der Waals surface area contributed by atoms with E-state index in [0.29, 0.717) is 40.6 Å². The van der Waals surface area contributed by atoms with E-state index in [4.69, 9.17) is 14.2 Å². The van der Waals surface area contributed by atoms with Crippen LogP contribution in [0.3, 0.4) is 0 Å². The van der Waals surface area contributed by atoms with Gasteiger partial charge in [0, 0.05) is 30.4 Å². The molecule has 7 heteroatoms. The highest BCUT2D eigenvalue weighted by atomic mass is 16.5. The van der Waals surface area contributed by atoms with Crippen molar-refractivity contribution in [3.05, 3.63) is 83.4 Å². The van der Waals surface area contributed by atoms with E-state index in [1.165, 1.54) is 21.3 Å². The van der Waals surface area contributed by atoms with Gasteiger partial charge in [-0.1, -0.05) is 36.4 Å². The number of carbonyl (C=O) groups is 2. The minimum atomic E-state index is -0.369. The summed E-state index contributed by atoms with van der Waals surface area (Å²) < 4.78 is 15.9. The van der Waals surface area contributed by atoms with Gasteiger partial charge in [0.05, 0.1) is 21.3 Å². The largest absolute Gasteiger partial charge is 0.493 e. The van der Waals surface area contributed by atoms with Crippen LogP contribution in [0.4, 0.5) is 5.69 Å². The van der Waals surface area contributed by atoms with Crippen molar-refractivity contribution in [3.63, 3.8) is 0 Å². The Morgan fingerprint density at radius 1 is 0.812 bits per heavy atom. The molecule has 0 bridgehead atoms. The van der Waals surface area contributed by atoms with Gasteiger partial charge in [-0.05, 0) is 35.9 Å². The van der Waals surface area contributed by atoms with Crippen molar-refractivity contribution in [1.82, 2.24) is 4.90 Å². The summed E-state index contributed by atoms with van der Waals surface area (Å²) >= 11 is 0. The molecule has 0 heterocycles. The molecule has 0 aliphatic rings. The second-order valence-electron chi connectivity index (χ2n) is 7.10. The smallest absolute Gasteiger partial charge is 0.255 e. The Morgan fingerprint density at radius 3 is 2.06 bits per heavy atom. The number of nitrogens with one attached hydrogen (secondary N) is 1. The quantitative estimate of drug-likeness (QED) is 0.574. The van der Waals surface area contributed by atoms with Crippen LogP contribution in [0.1, 0.15) is 26.3 Å². The SMILES string of the molecule is COc1cc(C(=O)Nc2cccc(C(=O)N(C)Cc3ccccc3)c2)cc(OC)c1OC. The molecule has 0 aliphatic heterocycles. The lowest BCUT2D eigenvalue weighted by molar-refractivity contribution is 0.0784. The number of ether oxygens (including phenoxy) is 3. The Kier molecular flexibility index (Phi) is 7.33. The van der Waals surface area contributed by atoms with Crippen molar-refractivity contribution in [1.29, 1.82) is 0 Å². The van der Waals surface area contributed by atoms with E-state index >= 15 is 0 Å². The summed E-state index contributed by atoms with van der Waals surface area (Å²) in [7, 11) is 6.22. The summed E-state index contributed by atoms with van der Waals surface area (Å²) in [5, 5.41) is 2.82. The number of benzene rings is 3. The first kappa shape index (κ1) is 22.7. The van der Waals surface area contributed by atoms with Gasteiger partial charge in [0.25, 0.3) is 11.8 Å². The standard InChI is InChI=1S/C25H26N2O5/c1-27(16-17-9-6-5-7-10-17)25(29)18-11-8-12-20(13-18)26-24(28)19-14-21(30-2)23(32-4)22(15-19)31-3/h5-15H,16H2,1-4H3,(H,26,28). The average molecular weight is 434 g/mol. The summed E-state index contributed by atoms with van der Waals surface area (Å²) in [6.45, 7) is 0.488. The molecular weight excluding hydrogens is 408 g/mol. The van der Waals surface area contributed by atoms with Crippen molar-refractivity contribution in [3.8, 4) is 17.2 Å². The van der Waals surface area contributed by atoms with E-state index in [2.05, 4.69) is 5.32 Å². The first-order valence-corrected chi connectivity index (χ1v) is 9.97. The lowest BCUT2D eigenvalue weighted by Crippen LogP contribution is -2.26. The molecule has 0 aromatic heterocycles. The first-order valence-electron chi connectivity index (χ1n) is 9.97. The Labute approximate surface area is 187 Å². The molecule has 3 aromatic carbocycles. The van der Waals surface area contributed by atoms with Crippen LogP contribution >= 0.6 is 0 Å². The Balaban J connectivity index is 1.77. The molecule has 166 valence electrons. The average Bonchev–Trinajstić information content (AvgIpc) is 2.83. The molecule has 0 unspecified atom stereocenters. The number of rotatable bonds is 8. The zero-order valence-corrected chi connectivity index (χ0v) is 18.5. The van der Waals surface area contributed by atoms with Gasteiger partial charge < -0.3 is 24.4 Å². The topological polar surface area (TPSA) is 77.1 Å². The van der Waals surface area contributed by atoms with Gasteiger partial charge in [-0.3, -0.25) is 9.59 Å². The van der Waals surface area contributed by atoms with Gasteiger partial charge >= 0.3 is 0 Å². The van der Waals surface area contributed by atoms with Gasteiger partial charge in [0.2, 0.25) is 5.75 Å². The van der Waals surface area contributed by atoms with Gasteiger partial charge in [-0.2, -0.15) is 0 Å². The van der Waals surface area contributed by atoms with Crippen LogP contribution in [0, 0.1) is 0 Å². The number of nitrogens with zero attached hydrogens (tertiary/aromatic N) is 1. The van der Waals surface area contributed by atoms with E-state index in [0.717, 1.165) is 5.56 Å². The van der Waals surface area contributed by atoms with Crippen molar-refractivity contribution < 1.29 is 23.8 Å². The fourth-order valence-electron chi connectivity index (χ4n) is 3.29. The summed E-state index contributed by atoms with van der Waals surface area (Å²) in [6.07, 6.45) is 0. The van der Waals surface area contributed by atoms with E-state index in [1.807, 2.05) is 30.3 Å². The molecule has 3 rings (SSSR count). The molecule has 0 saturated heterocycles. The predicted molar refractivity (Wildman–Crippen MR) is 123 cm³/mol. The fraction of sp³-hybridized carbons (Fsp3) is 0.200. The summed E-state index contributed by atoms with van der Waals surface area (Å²) in [6, 6.07) is 19.7. The Morgan fingerprint density at radius 2 is 1.47 bits per heavy atom. The van der Waals surface area contributed by atoms with Crippen molar-refractivity contribution >= 4 is 17.5 Å². The Hall–Kier alpha value is -4.00. The maximum absolute atomic E-state index is 12.9. The molecule has 0 saturated carbocycles. The minimum Gasteiger partial charge on any atom is -0.493 e. The monoisotopic (exact) mass is 434 g/mol. The number of hydrogen-bond acceptors (Lipinski definition) is 5. The van der Waals surface area contributed by atoms with E-state index in [9.17, 15) is 9.59 Å². The number of hydrogen-bond donors (Lipinski definition) is 1. The van der Waals surface area contributed by atoms with Crippen LogP contribution in [0.5, 0.6) is 17.2 Å². The first-order chi connectivity index (χ1) is 15.5. The highest BCUT2D eigenvalue weighted by Crippen LogP contribution is 2.38. The molecule has 0 fully saturated rings. The molecule has 2 amide bonds. The van der Waals surface area contributed by atoms with Gasteiger partial charge in [-0.15, -0.1) is 0 Å². The van der Waals surface area contributed by atoms with Crippen LogP contribution in [0.2, 0.25) is 0 Å². The molecule has 32 heavy (non-hydrogen) atoms. The summed E-state index contributed by atoms with van der Waals surface area (Å²) in [4.78, 5) is 27.3. The number of carbonyl (C=O) groups excluding carboxylic acids is 2. The lowest BCUT2D eigenvalue weighted by atomic mass is 10.1. The number of amides is 2. The molecule has 3 aromatic rings. The molecule has 1 N–H and O–H groups in total. The highest BCUT2D eigenvalue weighted by molar-refractivity contribution is 6.06. The van der Waals surface area contributed by atoms with Crippen molar-refractivity contribution in [2.45, 2.75) is 6.54 Å². The molecule has 0 spiro atoms.